The van der Waals surface area contributed by atoms with Crippen LogP contribution in [0.3, 0.4) is 0 Å². The summed E-state index contributed by atoms with van der Waals surface area (Å²) in [6.07, 6.45) is 4.53. The van der Waals surface area contributed by atoms with Crippen LogP contribution in [-0.2, 0) is 11.3 Å². The molecule has 4 heteroatoms. The molecule has 0 atom stereocenters. The lowest BCUT2D eigenvalue weighted by molar-refractivity contribution is 0.0667. The topological polar surface area (TPSA) is 34.4 Å². The highest BCUT2D eigenvalue weighted by molar-refractivity contribution is 7.98. The van der Waals surface area contributed by atoms with Gasteiger partial charge in [0.2, 0.25) is 0 Å². The van der Waals surface area contributed by atoms with Gasteiger partial charge in [-0.15, -0.1) is 11.8 Å². The maximum Gasteiger partial charge on any atom is 0.134 e. The van der Waals surface area contributed by atoms with E-state index in [2.05, 4.69) is 29.8 Å². The highest BCUT2D eigenvalue weighted by atomic mass is 32.2. The van der Waals surface area contributed by atoms with Crippen molar-refractivity contribution in [2.75, 3.05) is 26.0 Å². The zero-order valence-corrected chi connectivity index (χ0v) is 12.7. The minimum atomic E-state index is 0.577. The van der Waals surface area contributed by atoms with E-state index in [0.29, 0.717) is 12.5 Å². The molecule has 3 rings (SSSR count). The van der Waals surface area contributed by atoms with Crippen LogP contribution in [0.15, 0.2) is 33.6 Å². The molecule has 1 aromatic heterocycles. The molecule has 1 fully saturated rings. The molecule has 1 saturated heterocycles. The molecular weight excluding hydrogens is 270 g/mol. The first-order valence-corrected chi connectivity index (χ1v) is 8.42. The Hall–Kier alpha value is -0.970. The number of thioether (sulfide) groups is 1. The molecule has 0 saturated carbocycles. The van der Waals surface area contributed by atoms with Crippen LogP contribution in [0.2, 0.25) is 0 Å². The standard InChI is InChI=1S/C16H21NO2S/c1-20-15-2-3-16-13(9-15)8-14(19-16)11-18-10-12-4-6-17-7-5-12/h2-3,8-9,12,17H,4-7,10-11H2,1H3. The van der Waals surface area contributed by atoms with Crippen LogP contribution in [0.4, 0.5) is 0 Å². The van der Waals surface area contributed by atoms with Gasteiger partial charge in [-0.1, -0.05) is 0 Å². The predicted molar refractivity (Wildman–Crippen MR) is 83.2 cm³/mol. The first-order chi connectivity index (χ1) is 9.85. The van der Waals surface area contributed by atoms with Crippen molar-refractivity contribution >= 4 is 22.7 Å². The molecule has 0 unspecified atom stereocenters. The van der Waals surface area contributed by atoms with Crippen molar-refractivity contribution in [3.05, 3.63) is 30.0 Å². The summed E-state index contributed by atoms with van der Waals surface area (Å²) in [5.74, 6) is 1.62. The molecule has 0 spiro atoms. The van der Waals surface area contributed by atoms with E-state index in [1.807, 2.05) is 6.07 Å². The Morgan fingerprint density at radius 1 is 1.30 bits per heavy atom. The van der Waals surface area contributed by atoms with E-state index in [-0.39, 0.29) is 0 Å². The molecular formula is C16H21NO2S. The maximum absolute atomic E-state index is 5.82. The Kier molecular flexibility index (Phi) is 4.65. The Morgan fingerprint density at radius 2 is 2.15 bits per heavy atom. The van der Waals surface area contributed by atoms with Crippen molar-refractivity contribution in [1.82, 2.24) is 5.32 Å². The van der Waals surface area contributed by atoms with Crippen LogP contribution in [0.25, 0.3) is 11.0 Å². The van der Waals surface area contributed by atoms with Crippen LogP contribution in [-0.4, -0.2) is 26.0 Å². The second kappa shape index (κ2) is 6.66. The molecule has 1 N–H and O–H groups in total. The number of benzene rings is 1. The summed E-state index contributed by atoms with van der Waals surface area (Å²) in [6, 6.07) is 8.39. The minimum absolute atomic E-state index is 0.577. The van der Waals surface area contributed by atoms with Crippen LogP contribution < -0.4 is 5.32 Å². The van der Waals surface area contributed by atoms with Crippen molar-refractivity contribution in [2.24, 2.45) is 5.92 Å². The summed E-state index contributed by atoms with van der Waals surface area (Å²) in [6.45, 7) is 3.66. The summed E-state index contributed by atoms with van der Waals surface area (Å²) in [5, 5.41) is 4.54. The van der Waals surface area contributed by atoms with Gasteiger partial charge in [0.25, 0.3) is 0 Å². The van der Waals surface area contributed by atoms with Gasteiger partial charge in [0.15, 0.2) is 0 Å². The highest BCUT2D eigenvalue weighted by Gasteiger charge is 2.13. The number of hydrogen-bond donors (Lipinski definition) is 1. The third-order valence-corrected chi connectivity index (χ3v) is 4.56. The first-order valence-electron chi connectivity index (χ1n) is 7.20. The van der Waals surface area contributed by atoms with Gasteiger partial charge in [0.1, 0.15) is 18.0 Å². The fraction of sp³-hybridized carbons (Fsp3) is 0.500. The highest BCUT2D eigenvalue weighted by Crippen LogP contribution is 2.25. The third kappa shape index (κ3) is 3.37. The lowest BCUT2D eigenvalue weighted by Crippen LogP contribution is -2.29. The third-order valence-electron chi connectivity index (χ3n) is 3.83. The van der Waals surface area contributed by atoms with Gasteiger partial charge in [-0.25, -0.2) is 0 Å². The monoisotopic (exact) mass is 291 g/mol. The SMILES string of the molecule is CSc1ccc2oc(COCC3CCNCC3)cc2c1. The van der Waals surface area contributed by atoms with Crippen molar-refractivity contribution in [1.29, 1.82) is 0 Å². The Bertz CT molecular complexity index is 561. The van der Waals surface area contributed by atoms with Gasteiger partial charge in [-0.05, 0) is 62.4 Å². The Balaban J connectivity index is 1.57. The predicted octanol–water partition coefficient (Wildman–Crippen LogP) is 3.67. The van der Waals surface area contributed by atoms with Gasteiger partial charge >= 0.3 is 0 Å². The molecule has 108 valence electrons. The largest absolute Gasteiger partial charge is 0.459 e. The van der Waals surface area contributed by atoms with Crippen molar-refractivity contribution in [2.45, 2.75) is 24.3 Å². The molecule has 1 aliphatic rings. The van der Waals surface area contributed by atoms with E-state index in [4.69, 9.17) is 9.15 Å². The average molecular weight is 291 g/mol. The molecule has 0 aliphatic carbocycles. The first kappa shape index (κ1) is 14.0. The van der Waals surface area contributed by atoms with Gasteiger partial charge in [-0.3, -0.25) is 0 Å². The summed E-state index contributed by atoms with van der Waals surface area (Å²) < 4.78 is 11.6. The number of furan rings is 1. The molecule has 0 amide bonds. The fourth-order valence-electron chi connectivity index (χ4n) is 2.65. The van der Waals surface area contributed by atoms with Crippen LogP contribution in [0, 0.1) is 5.92 Å². The number of rotatable bonds is 5. The molecule has 3 nitrogen and oxygen atoms in total. The molecule has 1 aromatic carbocycles. The zero-order chi connectivity index (χ0) is 13.8. The van der Waals surface area contributed by atoms with Gasteiger partial charge in [0, 0.05) is 10.3 Å². The Labute approximate surface area is 124 Å². The van der Waals surface area contributed by atoms with E-state index in [1.165, 1.54) is 17.7 Å². The summed E-state index contributed by atoms with van der Waals surface area (Å²) in [5.41, 5.74) is 0.947. The minimum Gasteiger partial charge on any atom is -0.459 e. The number of nitrogens with one attached hydrogen (secondary N) is 1. The van der Waals surface area contributed by atoms with Crippen LogP contribution in [0.5, 0.6) is 0 Å². The zero-order valence-electron chi connectivity index (χ0n) is 11.9. The number of fused-ring (bicyclic) bond motifs is 1. The summed E-state index contributed by atoms with van der Waals surface area (Å²) in [4.78, 5) is 1.26. The quantitative estimate of drug-likeness (QED) is 0.852. The lowest BCUT2D eigenvalue weighted by atomic mass is 9.99. The second-order valence-electron chi connectivity index (χ2n) is 5.32. The van der Waals surface area contributed by atoms with E-state index < -0.39 is 0 Å². The van der Waals surface area contributed by atoms with E-state index in [1.54, 1.807) is 11.8 Å². The lowest BCUT2D eigenvalue weighted by Gasteiger charge is -2.21. The molecule has 20 heavy (non-hydrogen) atoms. The molecule has 1 aliphatic heterocycles. The van der Waals surface area contributed by atoms with E-state index in [9.17, 15) is 0 Å². The molecule has 0 radical (unpaired) electrons. The number of ether oxygens (including phenoxy) is 1. The van der Waals surface area contributed by atoms with Gasteiger partial charge < -0.3 is 14.5 Å². The van der Waals surface area contributed by atoms with E-state index in [0.717, 1.165) is 36.4 Å². The molecule has 2 aromatic rings. The number of hydrogen-bond acceptors (Lipinski definition) is 4. The second-order valence-corrected chi connectivity index (χ2v) is 6.20. The van der Waals surface area contributed by atoms with Gasteiger partial charge in [-0.2, -0.15) is 0 Å². The Morgan fingerprint density at radius 3 is 2.95 bits per heavy atom. The molecule has 0 bridgehead atoms. The number of piperidine rings is 1. The summed E-state index contributed by atoms with van der Waals surface area (Å²) in [7, 11) is 0. The molecule has 2 heterocycles. The fourth-order valence-corrected chi connectivity index (χ4v) is 3.10. The van der Waals surface area contributed by atoms with Crippen LogP contribution >= 0.6 is 11.8 Å². The average Bonchev–Trinajstić information content (AvgIpc) is 2.90. The summed E-state index contributed by atoms with van der Waals surface area (Å²) >= 11 is 1.75. The van der Waals surface area contributed by atoms with Crippen molar-refractivity contribution in [3.63, 3.8) is 0 Å². The van der Waals surface area contributed by atoms with E-state index >= 15 is 0 Å². The van der Waals surface area contributed by atoms with Gasteiger partial charge in [0.05, 0.1) is 6.61 Å². The maximum atomic E-state index is 5.82. The normalized spacial score (nSPS) is 16.9. The van der Waals surface area contributed by atoms with Crippen LogP contribution in [0.1, 0.15) is 18.6 Å². The smallest absolute Gasteiger partial charge is 0.134 e. The van der Waals surface area contributed by atoms with Crippen molar-refractivity contribution in [3.8, 4) is 0 Å². The van der Waals surface area contributed by atoms with Crippen molar-refractivity contribution < 1.29 is 9.15 Å².